The fourth-order valence-electron chi connectivity index (χ4n) is 3.26. The van der Waals surface area contributed by atoms with Gasteiger partial charge in [0.05, 0.1) is 27.1 Å². The van der Waals surface area contributed by atoms with E-state index in [1.54, 1.807) is 30.3 Å². The van der Waals surface area contributed by atoms with Crippen molar-refractivity contribution in [3.63, 3.8) is 0 Å². The Kier molecular flexibility index (Phi) is 7.48. The Labute approximate surface area is 217 Å². The van der Waals surface area contributed by atoms with Crippen molar-refractivity contribution in [1.29, 1.82) is 0 Å². The molecule has 1 aliphatic rings. The normalized spacial score (nSPS) is 14.5. The Balaban J connectivity index is 1.56. The van der Waals surface area contributed by atoms with E-state index < -0.39 is 4.92 Å². The van der Waals surface area contributed by atoms with Crippen LogP contribution in [0.2, 0.25) is 0 Å². The van der Waals surface area contributed by atoms with Crippen molar-refractivity contribution in [3.8, 4) is 11.5 Å². The van der Waals surface area contributed by atoms with Gasteiger partial charge in [-0.15, -0.1) is 0 Å². The summed E-state index contributed by atoms with van der Waals surface area (Å²) in [5.74, 6) is 0.252. The van der Waals surface area contributed by atoms with E-state index in [4.69, 9.17) is 21.7 Å². The maximum atomic E-state index is 13.1. The molecule has 3 aromatic carbocycles. The number of ether oxygens (including phenoxy) is 2. The highest BCUT2D eigenvalue weighted by atomic mass is 79.9. The van der Waals surface area contributed by atoms with Crippen LogP contribution in [0.25, 0.3) is 6.08 Å². The zero-order chi connectivity index (χ0) is 25.1. The summed E-state index contributed by atoms with van der Waals surface area (Å²) in [7, 11) is 1.50. The van der Waals surface area contributed by atoms with Gasteiger partial charge in [-0.25, -0.2) is 4.39 Å². The summed E-state index contributed by atoms with van der Waals surface area (Å²) in [6, 6.07) is 15.1. The first kappa shape index (κ1) is 24.8. The zero-order valence-electron chi connectivity index (χ0n) is 18.1. The van der Waals surface area contributed by atoms with Crippen LogP contribution in [0.5, 0.6) is 11.5 Å². The van der Waals surface area contributed by atoms with E-state index in [2.05, 4.69) is 15.9 Å². The first-order valence-corrected chi connectivity index (χ1v) is 12.1. The lowest BCUT2D eigenvalue weighted by molar-refractivity contribution is -0.384. The van der Waals surface area contributed by atoms with Gasteiger partial charge in [-0.05, 0) is 69.5 Å². The van der Waals surface area contributed by atoms with E-state index in [0.29, 0.717) is 36.4 Å². The van der Waals surface area contributed by atoms with Crippen LogP contribution in [-0.2, 0) is 11.4 Å². The van der Waals surface area contributed by atoms with Gasteiger partial charge in [0, 0.05) is 12.1 Å². The Morgan fingerprint density at radius 1 is 1.17 bits per heavy atom. The van der Waals surface area contributed by atoms with Crippen LogP contribution in [-0.4, -0.2) is 22.3 Å². The molecule has 4 rings (SSSR count). The zero-order valence-corrected chi connectivity index (χ0v) is 21.3. The van der Waals surface area contributed by atoms with Crippen LogP contribution >= 0.6 is 39.9 Å². The standard InChI is InChI=1S/C24H16BrFN2O5S2/c1-32-20-11-15(10-19(25)22(20)33-13-14-2-4-16(26)5-3-14)12-21-23(29)27(24(34)35-21)17-6-8-18(9-7-17)28(30)31/h2-12H,13H2,1H3/b21-12+. The fourth-order valence-corrected chi connectivity index (χ4v) is 5.14. The third kappa shape index (κ3) is 5.53. The molecule has 1 amide bonds. The number of methoxy groups -OCH3 is 1. The maximum absolute atomic E-state index is 13.1. The highest BCUT2D eigenvalue weighted by Crippen LogP contribution is 2.40. The minimum absolute atomic E-state index is 0.0755. The Bertz CT molecular complexity index is 1350. The lowest BCUT2D eigenvalue weighted by Gasteiger charge is -2.14. The molecular formula is C24H16BrFN2O5S2. The average Bonchev–Trinajstić information content (AvgIpc) is 3.11. The van der Waals surface area contributed by atoms with Crippen LogP contribution in [0.4, 0.5) is 15.8 Å². The number of thiocarbonyl (C=S) groups is 1. The van der Waals surface area contributed by atoms with Crippen LogP contribution in [0.15, 0.2) is 70.0 Å². The predicted octanol–water partition coefficient (Wildman–Crippen LogP) is 6.49. The van der Waals surface area contributed by atoms with Gasteiger partial charge in [0.2, 0.25) is 0 Å². The second kappa shape index (κ2) is 10.5. The van der Waals surface area contributed by atoms with Crippen LogP contribution in [0.1, 0.15) is 11.1 Å². The Hall–Kier alpha value is -3.28. The molecule has 1 aliphatic heterocycles. The van der Waals surface area contributed by atoms with E-state index in [9.17, 15) is 19.3 Å². The molecule has 0 radical (unpaired) electrons. The quantitative estimate of drug-likeness (QED) is 0.138. The third-order valence-corrected chi connectivity index (χ3v) is 6.85. The third-order valence-electron chi connectivity index (χ3n) is 4.96. The number of non-ortho nitro benzene ring substituents is 1. The number of carbonyl (C=O) groups is 1. The molecule has 178 valence electrons. The summed E-state index contributed by atoms with van der Waals surface area (Å²) >= 11 is 10.00. The molecule has 35 heavy (non-hydrogen) atoms. The molecule has 0 atom stereocenters. The number of rotatable bonds is 7. The molecule has 0 bridgehead atoms. The van der Waals surface area contributed by atoms with Crippen molar-refractivity contribution in [2.45, 2.75) is 6.61 Å². The van der Waals surface area contributed by atoms with Gasteiger partial charge in [-0.1, -0.05) is 36.1 Å². The maximum Gasteiger partial charge on any atom is 0.270 e. The highest BCUT2D eigenvalue weighted by molar-refractivity contribution is 9.10. The summed E-state index contributed by atoms with van der Waals surface area (Å²) in [5.41, 5.74) is 1.84. The molecule has 1 heterocycles. The van der Waals surface area contributed by atoms with Crippen molar-refractivity contribution in [2.24, 2.45) is 0 Å². The molecule has 0 aliphatic carbocycles. The summed E-state index contributed by atoms with van der Waals surface area (Å²) in [6.45, 7) is 0.211. The molecule has 3 aromatic rings. The van der Waals surface area contributed by atoms with E-state index in [-0.39, 0.29) is 24.0 Å². The van der Waals surface area contributed by atoms with E-state index in [1.165, 1.54) is 48.4 Å². The second-order valence-electron chi connectivity index (χ2n) is 7.24. The number of nitro groups is 1. The smallest absolute Gasteiger partial charge is 0.270 e. The highest BCUT2D eigenvalue weighted by Gasteiger charge is 2.33. The molecule has 1 saturated heterocycles. The minimum atomic E-state index is -0.508. The lowest BCUT2D eigenvalue weighted by atomic mass is 10.1. The number of hydrogen-bond acceptors (Lipinski definition) is 7. The number of hydrogen-bond donors (Lipinski definition) is 0. The van der Waals surface area contributed by atoms with Crippen molar-refractivity contribution < 1.29 is 23.6 Å². The summed E-state index contributed by atoms with van der Waals surface area (Å²) < 4.78 is 25.4. The number of halogens is 2. The predicted molar refractivity (Wildman–Crippen MR) is 140 cm³/mol. The Morgan fingerprint density at radius 3 is 2.49 bits per heavy atom. The van der Waals surface area contributed by atoms with Gasteiger partial charge in [0.15, 0.2) is 15.8 Å². The van der Waals surface area contributed by atoms with E-state index in [0.717, 1.165) is 17.3 Å². The number of amides is 1. The van der Waals surface area contributed by atoms with Crippen LogP contribution in [0, 0.1) is 15.9 Å². The summed E-state index contributed by atoms with van der Waals surface area (Å²) in [6.07, 6.45) is 1.68. The first-order valence-electron chi connectivity index (χ1n) is 10.0. The van der Waals surface area contributed by atoms with E-state index in [1.807, 2.05) is 0 Å². The molecule has 0 N–H and O–H groups in total. The topological polar surface area (TPSA) is 81.9 Å². The van der Waals surface area contributed by atoms with Gasteiger partial charge >= 0.3 is 0 Å². The molecule has 0 spiro atoms. The molecule has 0 aromatic heterocycles. The number of nitro benzene ring substituents is 1. The molecule has 11 heteroatoms. The SMILES string of the molecule is COc1cc(/C=C2/SC(=S)N(c3ccc([N+](=O)[O-])cc3)C2=O)cc(Br)c1OCc1ccc(F)cc1. The molecule has 0 unspecified atom stereocenters. The number of carbonyl (C=O) groups excluding carboxylic acids is 1. The Morgan fingerprint density at radius 2 is 1.86 bits per heavy atom. The second-order valence-corrected chi connectivity index (χ2v) is 9.77. The minimum Gasteiger partial charge on any atom is -0.493 e. The van der Waals surface area contributed by atoms with Crippen molar-refractivity contribution >= 4 is 67.6 Å². The number of thioether (sulfide) groups is 1. The van der Waals surface area contributed by atoms with Gasteiger partial charge in [-0.3, -0.25) is 19.8 Å². The summed E-state index contributed by atoms with van der Waals surface area (Å²) in [5, 5.41) is 10.9. The number of anilines is 1. The molecule has 7 nitrogen and oxygen atoms in total. The van der Waals surface area contributed by atoms with Gasteiger partial charge in [-0.2, -0.15) is 0 Å². The number of nitrogens with zero attached hydrogens (tertiary/aromatic N) is 2. The lowest BCUT2D eigenvalue weighted by Crippen LogP contribution is -2.27. The van der Waals surface area contributed by atoms with Gasteiger partial charge in [0.25, 0.3) is 11.6 Å². The van der Waals surface area contributed by atoms with Gasteiger partial charge in [0.1, 0.15) is 12.4 Å². The fraction of sp³-hybridized carbons (Fsp3) is 0.0833. The molecule has 0 saturated carbocycles. The van der Waals surface area contributed by atoms with Crippen molar-refractivity contribution in [3.05, 3.63) is 97.1 Å². The van der Waals surface area contributed by atoms with Crippen molar-refractivity contribution in [1.82, 2.24) is 0 Å². The number of benzene rings is 3. The van der Waals surface area contributed by atoms with Crippen molar-refractivity contribution in [2.75, 3.05) is 12.0 Å². The summed E-state index contributed by atoms with van der Waals surface area (Å²) in [4.78, 5) is 25.2. The molecule has 1 fully saturated rings. The first-order chi connectivity index (χ1) is 16.8. The van der Waals surface area contributed by atoms with E-state index >= 15 is 0 Å². The van der Waals surface area contributed by atoms with Crippen LogP contribution < -0.4 is 14.4 Å². The molecular weight excluding hydrogens is 559 g/mol. The average molecular weight is 575 g/mol. The monoisotopic (exact) mass is 574 g/mol. The van der Waals surface area contributed by atoms with Gasteiger partial charge < -0.3 is 9.47 Å². The van der Waals surface area contributed by atoms with Crippen LogP contribution in [0.3, 0.4) is 0 Å². The largest absolute Gasteiger partial charge is 0.493 e.